The van der Waals surface area contributed by atoms with E-state index in [4.69, 9.17) is 18.6 Å². The van der Waals surface area contributed by atoms with Crippen LogP contribution in [0.5, 0.6) is 0 Å². The molecule has 0 saturated carbocycles. The third-order valence-corrected chi connectivity index (χ3v) is 1.22. The number of hydrogen-bond acceptors (Lipinski definition) is 2. The fraction of sp³-hybridized carbons (Fsp3) is 0.600. The third kappa shape index (κ3) is 506. The van der Waals surface area contributed by atoms with E-state index in [1.165, 1.54) is 0 Å². The summed E-state index contributed by atoms with van der Waals surface area (Å²) in [6.45, 7) is 22.2. The molecular weight excluding hydrogens is 454 g/mol. The Morgan fingerprint density at radius 1 is 0.611 bits per heavy atom. The van der Waals surface area contributed by atoms with Gasteiger partial charge in [-0.1, -0.05) is 26.7 Å². The molecule has 2 radical (unpaired) electrons. The van der Waals surface area contributed by atoms with E-state index < -0.39 is 0 Å². The zero-order valence-electron chi connectivity index (χ0n) is 9.94. The largest absolute Gasteiger partial charge is 0 e. The molecule has 0 bridgehead atoms. The van der Waals surface area contributed by atoms with Crippen LogP contribution in [-0.2, 0) is 82.8 Å². The van der Waals surface area contributed by atoms with Gasteiger partial charge in [0, 0.05) is 39.0 Å². The van der Waals surface area contributed by atoms with Crippen molar-refractivity contribution in [2.24, 2.45) is 0 Å². The Bertz CT molecular complexity index is 107. The van der Waals surface area contributed by atoms with E-state index in [0.717, 1.165) is 24.3 Å². The summed E-state index contributed by atoms with van der Waals surface area (Å²) in [6, 6.07) is 0. The van der Waals surface area contributed by atoms with Gasteiger partial charge in [-0.25, -0.2) is 0 Å². The van der Waals surface area contributed by atoms with Crippen molar-refractivity contribution in [3.63, 3.8) is 0 Å². The van der Waals surface area contributed by atoms with E-state index in [1.54, 1.807) is 0 Å². The monoisotopic (exact) mass is 468 g/mol. The summed E-state index contributed by atoms with van der Waals surface area (Å²) < 4.78 is 30.0. The van der Waals surface area contributed by atoms with E-state index in [0.29, 0.717) is 0 Å². The summed E-state index contributed by atoms with van der Waals surface area (Å²) >= 11 is 9.11. The van der Waals surface area contributed by atoms with Crippen LogP contribution >= 0.6 is 0 Å². The molecule has 0 aliphatic carbocycles. The van der Waals surface area contributed by atoms with Gasteiger partial charge in [-0.05, 0) is 0 Å². The van der Waals surface area contributed by atoms with Crippen LogP contribution in [0.1, 0.15) is 26.7 Å². The quantitative estimate of drug-likeness (QED) is 0.268. The Balaban J connectivity index is -0.0000000113. The van der Waals surface area contributed by atoms with Gasteiger partial charge in [-0.15, -0.1) is 0 Å². The van der Waals surface area contributed by atoms with Crippen molar-refractivity contribution in [1.82, 2.24) is 0 Å². The van der Waals surface area contributed by atoms with E-state index in [9.17, 15) is 0 Å². The van der Waals surface area contributed by atoms with Gasteiger partial charge in [0.15, 0.2) is 0 Å². The molecule has 0 N–H and O–H groups in total. The average Bonchev–Trinajstić information content (AvgIpc) is 2.47. The summed E-state index contributed by atoms with van der Waals surface area (Å²) in [6.07, 6.45) is 2.27. The van der Waals surface area contributed by atoms with Crippen LogP contribution in [0.3, 0.4) is 0 Å². The van der Waals surface area contributed by atoms with Crippen molar-refractivity contribution in [2.75, 3.05) is 11.5 Å². The maximum Gasteiger partial charge on any atom is 0 e. The first-order chi connectivity index (χ1) is 7.83. The molecule has 0 atom stereocenters. The van der Waals surface area contributed by atoms with Gasteiger partial charge in [-0.3, -0.25) is 0 Å². The van der Waals surface area contributed by atoms with Crippen LogP contribution in [0.2, 0.25) is 0 Å². The Hall–Kier alpha value is 0.907. The molecule has 0 aromatic rings. The van der Waals surface area contributed by atoms with Crippen molar-refractivity contribution in [3.8, 4) is 0 Å². The minimum Gasteiger partial charge on any atom is 0 e. The number of rotatable bonds is 2. The second kappa shape index (κ2) is 213. The fourth-order valence-electron chi connectivity index (χ4n) is 0. The molecule has 110 valence electrons. The molecule has 0 aliphatic rings. The van der Waals surface area contributed by atoms with Crippen LogP contribution in [-0.4, -0.2) is 11.5 Å². The van der Waals surface area contributed by atoms with E-state index in [2.05, 4.69) is 65.7 Å². The average molecular weight is 468 g/mol. The van der Waals surface area contributed by atoms with Gasteiger partial charge >= 0.3 is 45.2 Å². The van der Waals surface area contributed by atoms with E-state index in [-0.39, 0.29) is 39.0 Å². The van der Waals surface area contributed by atoms with E-state index in [1.807, 2.05) is 0 Å². The molecule has 0 amide bonds. The van der Waals surface area contributed by atoms with Crippen LogP contribution < -0.4 is 0 Å². The molecule has 0 aromatic heterocycles. The maximum atomic E-state index is 7.50. The Labute approximate surface area is 147 Å². The first-order valence-electron chi connectivity index (χ1n) is 3.81. The van der Waals surface area contributed by atoms with Crippen molar-refractivity contribution in [1.29, 1.82) is 0 Å². The molecule has 4 nitrogen and oxygen atoms in total. The van der Waals surface area contributed by atoms with Crippen molar-refractivity contribution in [3.05, 3.63) is 26.6 Å². The van der Waals surface area contributed by atoms with Gasteiger partial charge in [0.2, 0.25) is 0 Å². The van der Waals surface area contributed by atoms with Crippen LogP contribution in [0.25, 0.3) is 0 Å². The minimum absolute atomic E-state index is 0. The molecule has 0 unspecified atom stereocenters. The van der Waals surface area contributed by atoms with Crippen molar-refractivity contribution >= 4 is 25.3 Å². The molecule has 18 heavy (non-hydrogen) atoms. The fourth-order valence-corrected chi connectivity index (χ4v) is 0. The Morgan fingerprint density at radius 2 is 0.667 bits per heavy atom. The molecule has 0 spiro atoms. The minimum atomic E-state index is 0. The number of hydrogen-bond donors (Lipinski definition) is 0. The van der Waals surface area contributed by atoms with Crippen molar-refractivity contribution < 1.29 is 57.6 Å². The van der Waals surface area contributed by atoms with Gasteiger partial charge in [-0.2, -0.15) is 11.5 Å². The Morgan fingerprint density at radius 3 is 0.667 bits per heavy atom. The summed E-state index contributed by atoms with van der Waals surface area (Å²) in [5.74, 6) is 1.81. The topological polar surface area (TPSA) is 79.6 Å². The third-order valence-electron chi connectivity index (χ3n) is 0.408. The van der Waals surface area contributed by atoms with Crippen molar-refractivity contribution in [2.45, 2.75) is 26.7 Å². The van der Waals surface area contributed by atoms with Crippen LogP contribution in [0, 0.1) is 26.6 Å². The van der Waals surface area contributed by atoms with Gasteiger partial charge in [0.05, 0.1) is 0 Å². The molecule has 0 aliphatic heterocycles. The molecular formula is C10H14O4Rh2S2-2. The zero-order valence-corrected chi connectivity index (χ0v) is 14.9. The molecule has 0 rings (SSSR count). The molecule has 0 aromatic carbocycles. The second-order valence-corrected chi connectivity index (χ2v) is 2.22. The standard InChI is InChI=1S/2C3H8S.4CO.2Rh/c2*1-2-3-4;4*1-2;;/h2*4H,2-3H2,1H3;;;;;;/p-2. The first kappa shape index (κ1) is 51.0. The predicted octanol–water partition coefficient (Wildman–Crippen LogP) is 1.73. The maximum absolute atomic E-state index is 7.50. The Kier molecular flexibility index (Phi) is 602. The zero-order chi connectivity index (χ0) is 14.8. The SMILES string of the molecule is CCC[S-].CCC[S-].[C-]#[O+].[C-]#[O+].[C-]#[O+].[C-]#[O+].[Rh].[Rh]. The molecule has 8 heteroatoms. The van der Waals surface area contributed by atoms with Gasteiger partial charge < -0.3 is 25.3 Å². The molecule has 0 heterocycles. The summed E-state index contributed by atoms with van der Waals surface area (Å²) in [4.78, 5) is 0. The summed E-state index contributed by atoms with van der Waals surface area (Å²) in [5, 5.41) is 0. The molecule has 0 fully saturated rings. The van der Waals surface area contributed by atoms with Gasteiger partial charge in [0.25, 0.3) is 0 Å². The van der Waals surface area contributed by atoms with E-state index >= 15 is 0 Å². The van der Waals surface area contributed by atoms with Crippen LogP contribution in [0.15, 0.2) is 0 Å². The molecule has 0 saturated heterocycles. The smallest absolute Gasteiger partial charge is 0 e. The predicted molar refractivity (Wildman–Crippen MR) is 60.8 cm³/mol. The second-order valence-electron chi connectivity index (χ2n) is 1.41. The first-order valence-corrected chi connectivity index (χ1v) is 4.96. The summed E-state index contributed by atoms with van der Waals surface area (Å²) in [7, 11) is 0. The van der Waals surface area contributed by atoms with Crippen LogP contribution in [0.4, 0.5) is 0 Å². The van der Waals surface area contributed by atoms with Gasteiger partial charge in [0.1, 0.15) is 0 Å². The normalized spacial score (nSPS) is 3.78. The summed E-state index contributed by atoms with van der Waals surface area (Å²) in [5.41, 5.74) is 0.